The van der Waals surface area contributed by atoms with Crippen molar-refractivity contribution >= 4 is 17.3 Å². The van der Waals surface area contributed by atoms with Crippen molar-refractivity contribution in [2.45, 2.75) is 53.0 Å². The molecule has 108 valence electrons. The molecule has 0 radical (unpaired) electrons. The molecule has 0 aliphatic rings. The van der Waals surface area contributed by atoms with Gasteiger partial charge in [0.05, 0.1) is 10.4 Å². The predicted octanol–water partition coefficient (Wildman–Crippen LogP) is 3.03. The van der Waals surface area contributed by atoms with Crippen LogP contribution in [-0.2, 0) is 16.8 Å². The van der Waals surface area contributed by atoms with Gasteiger partial charge in [0.2, 0.25) is 0 Å². The number of carboxylic acids is 1. The summed E-state index contributed by atoms with van der Waals surface area (Å²) < 4.78 is 0. The minimum atomic E-state index is -0.748. The summed E-state index contributed by atoms with van der Waals surface area (Å²) in [4.78, 5) is 16.6. The van der Waals surface area contributed by atoms with Gasteiger partial charge in [-0.15, -0.1) is 11.3 Å². The number of nitrogens with zero attached hydrogens (tertiary/aromatic N) is 1. The standard InChI is InChI=1S/C14H24N2O2S/c1-13(2,3)11-16-9-10(19-11)8-15-7-6-14(4,5)12(17)18/h9,15H,6-8H2,1-5H3,(H,17,18). The largest absolute Gasteiger partial charge is 0.481 e. The van der Waals surface area contributed by atoms with Gasteiger partial charge in [-0.2, -0.15) is 0 Å². The maximum absolute atomic E-state index is 11.0. The van der Waals surface area contributed by atoms with Gasteiger partial charge >= 0.3 is 5.97 Å². The van der Waals surface area contributed by atoms with Crippen molar-refractivity contribution in [1.29, 1.82) is 0 Å². The molecule has 0 aliphatic carbocycles. The van der Waals surface area contributed by atoms with Gasteiger partial charge in [0, 0.05) is 23.0 Å². The van der Waals surface area contributed by atoms with Crippen LogP contribution in [-0.4, -0.2) is 22.6 Å². The Hall–Kier alpha value is -0.940. The van der Waals surface area contributed by atoms with Crippen LogP contribution in [0, 0.1) is 5.41 Å². The lowest BCUT2D eigenvalue weighted by molar-refractivity contribution is -0.147. The van der Waals surface area contributed by atoms with E-state index in [1.165, 1.54) is 4.88 Å². The van der Waals surface area contributed by atoms with Gasteiger partial charge in [-0.1, -0.05) is 20.8 Å². The summed E-state index contributed by atoms with van der Waals surface area (Å²) in [5.74, 6) is -0.748. The first-order valence-electron chi connectivity index (χ1n) is 6.52. The Balaban J connectivity index is 2.38. The molecule has 0 aliphatic heterocycles. The second-order valence-corrected chi connectivity index (χ2v) is 7.61. The minimum absolute atomic E-state index is 0.0915. The third kappa shape index (κ3) is 4.91. The van der Waals surface area contributed by atoms with Crippen LogP contribution < -0.4 is 5.32 Å². The van der Waals surface area contributed by atoms with Crippen LogP contribution in [0.15, 0.2) is 6.20 Å². The Bertz CT molecular complexity index is 433. The summed E-state index contributed by atoms with van der Waals surface area (Å²) in [5, 5.41) is 13.4. The number of thiazole rings is 1. The highest BCUT2D eigenvalue weighted by Crippen LogP contribution is 2.26. The summed E-state index contributed by atoms with van der Waals surface area (Å²) in [6.07, 6.45) is 2.52. The molecule has 0 aromatic carbocycles. The van der Waals surface area contributed by atoms with E-state index >= 15 is 0 Å². The van der Waals surface area contributed by atoms with Gasteiger partial charge in [0.15, 0.2) is 0 Å². The van der Waals surface area contributed by atoms with Gasteiger partial charge in [0.1, 0.15) is 0 Å². The Labute approximate surface area is 119 Å². The Morgan fingerprint density at radius 1 is 1.37 bits per heavy atom. The van der Waals surface area contributed by atoms with E-state index in [9.17, 15) is 4.79 Å². The van der Waals surface area contributed by atoms with E-state index in [1.54, 1.807) is 25.2 Å². The first kappa shape index (κ1) is 16.1. The highest BCUT2D eigenvalue weighted by molar-refractivity contribution is 7.11. The van der Waals surface area contributed by atoms with Crippen LogP contribution in [0.1, 0.15) is 50.9 Å². The lowest BCUT2D eigenvalue weighted by atomic mass is 9.90. The minimum Gasteiger partial charge on any atom is -0.481 e. The van der Waals surface area contributed by atoms with Crippen molar-refractivity contribution < 1.29 is 9.90 Å². The quantitative estimate of drug-likeness (QED) is 0.788. The van der Waals surface area contributed by atoms with Crippen LogP contribution in [0.3, 0.4) is 0 Å². The van der Waals surface area contributed by atoms with E-state index in [4.69, 9.17) is 5.11 Å². The molecule has 0 spiro atoms. The average molecular weight is 284 g/mol. The fourth-order valence-corrected chi connectivity index (χ4v) is 2.39. The highest BCUT2D eigenvalue weighted by Gasteiger charge is 2.26. The van der Waals surface area contributed by atoms with E-state index in [0.29, 0.717) is 13.0 Å². The third-order valence-electron chi connectivity index (χ3n) is 3.00. The van der Waals surface area contributed by atoms with E-state index in [2.05, 4.69) is 31.1 Å². The predicted molar refractivity (Wildman–Crippen MR) is 78.6 cm³/mol. The molecule has 2 N–H and O–H groups in total. The second-order valence-electron chi connectivity index (χ2n) is 6.50. The van der Waals surface area contributed by atoms with E-state index < -0.39 is 11.4 Å². The molecule has 5 heteroatoms. The molecule has 0 atom stereocenters. The zero-order valence-corrected chi connectivity index (χ0v) is 13.2. The van der Waals surface area contributed by atoms with Crippen molar-refractivity contribution in [1.82, 2.24) is 10.3 Å². The van der Waals surface area contributed by atoms with Crippen LogP contribution in [0.2, 0.25) is 0 Å². The SMILES string of the molecule is CC(C)(CCNCc1cnc(C(C)(C)C)s1)C(=O)O. The molecule has 0 fully saturated rings. The molecule has 1 aromatic rings. The molecule has 1 rings (SSSR count). The zero-order valence-electron chi connectivity index (χ0n) is 12.4. The van der Waals surface area contributed by atoms with Gasteiger partial charge in [-0.3, -0.25) is 4.79 Å². The molecule has 19 heavy (non-hydrogen) atoms. The van der Waals surface area contributed by atoms with Crippen molar-refractivity contribution in [3.05, 3.63) is 16.1 Å². The number of hydrogen-bond acceptors (Lipinski definition) is 4. The summed E-state index contributed by atoms with van der Waals surface area (Å²) in [7, 11) is 0. The maximum atomic E-state index is 11.0. The molecular weight excluding hydrogens is 260 g/mol. The summed E-state index contributed by atoms with van der Waals surface area (Å²) in [6.45, 7) is 11.4. The first-order valence-corrected chi connectivity index (χ1v) is 7.34. The molecule has 1 aromatic heterocycles. The second kappa shape index (κ2) is 6.01. The summed E-state index contributed by atoms with van der Waals surface area (Å²) >= 11 is 1.71. The summed E-state index contributed by atoms with van der Waals surface area (Å²) in [6, 6.07) is 0. The number of carbonyl (C=O) groups is 1. The van der Waals surface area contributed by atoms with E-state index in [0.717, 1.165) is 11.6 Å². The Morgan fingerprint density at radius 3 is 2.47 bits per heavy atom. The fraction of sp³-hybridized carbons (Fsp3) is 0.714. The molecule has 0 saturated carbocycles. The fourth-order valence-electron chi connectivity index (χ4n) is 1.46. The normalized spacial score (nSPS) is 12.7. The maximum Gasteiger partial charge on any atom is 0.309 e. The Morgan fingerprint density at radius 2 is 2.00 bits per heavy atom. The van der Waals surface area contributed by atoms with Crippen molar-refractivity contribution in [2.24, 2.45) is 5.41 Å². The number of nitrogens with one attached hydrogen (secondary N) is 1. The van der Waals surface area contributed by atoms with Crippen LogP contribution in [0.25, 0.3) is 0 Å². The monoisotopic (exact) mass is 284 g/mol. The number of aromatic nitrogens is 1. The lowest BCUT2D eigenvalue weighted by Crippen LogP contribution is -2.28. The van der Waals surface area contributed by atoms with Gasteiger partial charge in [-0.05, 0) is 26.8 Å². The van der Waals surface area contributed by atoms with Gasteiger partial charge in [0.25, 0.3) is 0 Å². The average Bonchev–Trinajstić information content (AvgIpc) is 2.72. The number of rotatable bonds is 6. The molecule has 0 saturated heterocycles. The number of hydrogen-bond donors (Lipinski definition) is 2. The number of aliphatic carboxylic acids is 1. The molecule has 0 bridgehead atoms. The van der Waals surface area contributed by atoms with Crippen molar-refractivity contribution in [3.8, 4) is 0 Å². The summed E-state index contributed by atoms with van der Waals surface area (Å²) in [5.41, 5.74) is -0.578. The molecule has 0 amide bonds. The first-order chi connectivity index (χ1) is 8.63. The van der Waals surface area contributed by atoms with Crippen molar-refractivity contribution in [3.63, 3.8) is 0 Å². The van der Waals surface area contributed by atoms with Crippen LogP contribution >= 0.6 is 11.3 Å². The van der Waals surface area contributed by atoms with Crippen molar-refractivity contribution in [2.75, 3.05) is 6.54 Å². The smallest absolute Gasteiger partial charge is 0.309 e. The topological polar surface area (TPSA) is 62.2 Å². The molecule has 4 nitrogen and oxygen atoms in total. The van der Waals surface area contributed by atoms with Gasteiger partial charge in [-0.25, -0.2) is 4.98 Å². The number of carboxylic acid groups (broad SMARTS) is 1. The Kier molecular flexibility index (Phi) is 5.10. The van der Waals surface area contributed by atoms with E-state index in [1.807, 2.05) is 6.20 Å². The van der Waals surface area contributed by atoms with E-state index in [-0.39, 0.29) is 5.41 Å². The zero-order chi connectivity index (χ0) is 14.7. The van der Waals surface area contributed by atoms with Crippen LogP contribution in [0.5, 0.6) is 0 Å². The highest BCUT2D eigenvalue weighted by atomic mass is 32.1. The lowest BCUT2D eigenvalue weighted by Gasteiger charge is -2.18. The third-order valence-corrected chi connectivity index (χ3v) is 4.42. The molecular formula is C14H24N2O2S. The molecule has 1 heterocycles. The van der Waals surface area contributed by atoms with Gasteiger partial charge < -0.3 is 10.4 Å². The molecule has 0 unspecified atom stereocenters. The van der Waals surface area contributed by atoms with Crippen LogP contribution in [0.4, 0.5) is 0 Å².